The highest BCUT2D eigenvalue weighted by molar-refractivity contribution is 7.19. The predicted molar refractivity (Wildman–Crippen MR) is 120 cm³/mol. The number of rotatable bonds is 5. The first-order chi connectivity index (χ1) is 14.1. The van der Waals surface area contributed by atoms with Crippen LogP contribution in [0.5, 0.6) is 0 Å². The maximum atomic E-state index is 12.2. The molecule has 0 bridgehead atoms. The summed E-state index contributed by atoms with van der Waals surface area (Å²) in [6.07, 6.45) is 6.78. The monoisotopic (exact) mass is 415 g/mol. The van der Waals surface area contributed by atoms with Crippen molar-refractivity contribution in [3.8, 4) is 0 Å². The van der Waals surface area contributed by atoms with E-state index >= 15 is 0 Å². The van der Waals surface area contributed by atoms with E-state index in [9.17, 15) is 4.79 Å². The number of urea groups is 1. The van der Waals surface area contributed by atoms with Gasteiger partial charge in [-0.3, -0.25) is 0 Å². The Labute approximate surface area is 177 Å². The summed E-state index contributed by atoms with van der Waals surface area (Å²) >= 11 is 1.89. The lowest BCUT2D eigenvalue weighted by molar-refractivity contribution is 0.195. The average molecular weight is 416 g/mol. The van der Waals surface area contributed by atoms with Gasteiger partial charge in [-0.2, -0.15) is 0 Å². The fourth-order valence-electron chi connectivity index (χ4n) is 4.43. The highest BCUT2D eigenvalue weighted by atomic mass is 32.1. The Kier molecular flexibility index (Phi) is 6.23. The second-order valence-electron chi connectivity index (χ2n) is 8.41. The number of piperazine rings is 1. The van der Waals surface area contributed by atoms with Gasteiger partial charge in [-0.25, -0.2) is 14.8 Å². The maximum Gasteiger partial charge on any atom is 0.317 e. The molecule has 2 amide bonds. The molecule has 0 saturated carbocycles. The molecule has 29 heavy (non-hydrogen) atoms. The van der Waals surface area contributed by atoms with Gasteiger partial charge in [0, 0.05) is 44.0 Å². The summed E-state index contributed by atoms with van der Waals surface area (Å²) in [5.74, 6) is 2.85. The van der Waals surface area contributed by atoms with Crippen LogP contribution in [0.15, 0.2) is 0 Å². The summed E-state index contributed by atoms with van der Waals surface area (Å²) in [4.78, 5) is 29.2. The molecule has 2 aliphatic rings. The molecule has 1 atom stereocenters. The largest absolute Gasteiger partial charge is 0.352 e. The van der Waals surface area contributed by atoms with E-state index < -0.39 is 0 Å². The quantitative estimate of drug-likeness (QED) is 0.801. The number of nitrogens with zero attached hydrogens (tertiary/aromatic N) is 4. The second kappa shape index (κ2) is 8.86. The Morgan fingerprint density at radius 1 is 1.21 bits per heavy atom. The number of hydrogen-bond donors (Lipinski definition) is 1. The third-order valence-electron chi connectivity index (χ3n) is 6.13. The summed E-state index contributed by atoms with van der Waals surface area (Å²) < 4.78 is 0. The Bertz CT molecular complexity index is 872. The van der Waals surface area contributed by atoms with Crippen LogP contribution in [0.25, 0.3) is 10.2 Å². The van der Waals surface area contributed by atoms with Crippen molar-refractivity contribution in [3.63, 3.8) is 0 Å². The molecular formula is C22H33N5OS. The van der Waals surface area contributed by atoms with Gasteiger partial charge in [-0.05, 0) is 44.1 Å². The molecule has 1 fully saturated rings. The van der Waals surface area contributed by atoms with Gasteiger partial charge in [0.2, 0.25) is 0 Å². The van der Waals surface area contributed by atoms with E-state index in [0.29, 0.717) is 6.54 Å². The minimum absolute atomic E-state index is 0.0468. The van der Waals surface area contributed by atoms with Gasteiger partial charge in [-0.15, -0.1) is 11.3 Å². The van der Waals surface area contributed by atoms with Gasteiger partial charge < -0.3 is 15.1 Å². The molecule has 158 valence electrons. The van der Waals surface area contributed by atoms with E-state index in [-0.39, 0.29) is 6.03 Å². The molecule has 1 aliphatic heterocycles. The first kappa shape index (κ1) is 20.4. The van der Waals surface area contributed by atoms with Crippen LogP contribution in [-0.4, -0.2) is 53.6 Å². The Morgan fingerprint density at radius 2 is 2.00 bits per heavy atom. The summed E-state index contributed by atoms with van der Waals surface area (Å²) in [6, 6.07) is 0.0468. The molecular weight excluding hydrogens is 382 g/mol. The van der Waals surface area contributed by atoms with Gasteiger partial charge in [0.05, 0.1) is 5.39 Å². The number of hydrogen-bond acceptors (Lipinski definition) is 5. The number of thiophene rings is 1. The van der Waals surface area contributed by atoms with Crippen LogP contribution in [0.4, 0.5) is 10.6 Å². The van der Waals surface area contributed by atoms with Crippen LogP contribution in [0.3, 0.4) is 0 Å². The summed E-state index contributed by atoms with van der Waals surface area (Å²) in [5, 5.41) is 4.21. The number of amides is 2. The fraction of sp³-hybridized carbons (Fsp3) is 0.682. The zero-order valence-corrected chi connectivity index (χ0v) is 18.8. The molecule has 1 N–H and O–H groups in total. The third kappa shape index (κ3) is 4.20. The van der Waals surface area contributed by atoms with Crippen molar-refractivity contribution in [2.45, 2.75) is 59.3 Å². The number of unbranched alkanes of at least 4 members (excludes halogenated alkanes) is 1. The summed E-state index contributed by atoms with van der Waals surface area (Å²) in [5.41, 5.74) is 1.49. The lowest BCUT2D eigenvalue weighted by atomic mass is 9.89. The molecule has 1 saturated heterocycles. The van der Waals surface area contributed by atoms with Crippen molar-refractivity contribution in [2.24, 2.45) is 5.92 Å². The van der Waals surface area contributed by atoms with Crippen molar-refractivity contribution in [1.82, 2.24) is 20.2 Å². The Morgan fingerprint density at radius 3 is 2.72 bits per heavy atom. The van der Waals surface area contributed by atoms with Crippen molar-refractivity contribution in [2.75, 3.05) is 37.6 Å². The third-order valence-corrected chi connectivity index (χ3v) is 7.28. The van der Waals surface area contributed by atoms with E-state index in [1.165, 1.54) is 33.5 Å². The molecule has 0 unspecified atom stereocenters. The zero-order chi connectivity index (χ0) is 20.4. The highest BCUT2D eigenvalue weighted by Gasteiger charge is 2.28. The molecule has 3 heterocycles. The van der Waals surface area contributed by atoms with Crippen molar-refractivity contribution < 1.29 is 4.79 Å². The zero-order valence-electron chi connectivity index (χ0n) is 18.0. The standard InChI is InChI=1S/C22H33N5OS/c1-4-6-7-18-24-20(26-10-12-27(13-11-26)22(28)23-5-2)19-16-9-8-15(3)14-17(16)29-21(19)25-18/h15H,4-14H2,1-3H3,(H,23,28)/t15-/m1/s1. The van der Waals surface area contributed by atoms with Crippen LogP contribution < -0.4 is 10.2 Å². The lowest BCUT2D eigenvalue weighted by Crippen LogP contribution is -2.52. The molecule has 2 aromatic heterocycles. The Hall–Kier alpha value is -1.89. The molecule has 2 aromatic rings. The van der Waals surface area contributed by atoms with Crippen LogP contribution in [0.2, 0.25) is 0 Å². The normalized spacial score (nSPS) is 19.5. The molecule has 7 heteroatoms. The summed E-state index contributed by atoms with van der Waals surface area (Å²) in [6.45, 7) is 10.3. The molecule has 0 spiro atoms. The number of carbonyl (C=O) groups is 1. The van der Waals surface area contributed by atoms with Gasteiger partial charge >= 0.3 is 6.03 Å². The van der Waals surface area contributed by atoms with Gasteiger partial charge in [0.25, 0.3) is 0 Å². The van der Waals surface area contributed by atoms with Gasteiger partial charge in [0.15, 0.2) is 0 Å². The number of carbonyl (C=O) groups excluding carboxylic acids is 1. The van der Waals surface area contributed by atoms with Crippen LogP contribution in [0.1, 0.15) is 56.3 Å². The first-order valence-corrected chi connectivity index (χ1v) is 12.0. The molecule has 0 radical (unpaired) electrons. The van der Waals surface area contributed by atoms with Crippen molar-refractivity contribution in [1.29, 1.82) is 0 Å². The smallest absolute Gasteiger partial charge is 0.317 e. The number of aromatic nitrogens is 2. The van der Waals surface area contributed by atoms with E-state index in [0.717, 1.165) is 69.4 Å². The molecule has 6 nitrogen and oxygen atoms in total. The van der Waals surface area contributed by atoms with E-state index in [1.54, 1.807) is 0 Å². The lowest BCUT2D eigenvalue weighted by Gasteiger charge is -2.36. The topological polar surface area (TPSA) is 61.4 Å². The first-order valence-electron chi connectivity index (χ1n) is 11.2. The number of aryl methyl sites for hydroxylation is 2. The minimum Gasteiger partial charge on any atom is -0.352 e. The highest BCUT2D eigenvalue weighted by Crippen LogP contribution is 2.41. The number of fused-ring (bicyclic) bond motifs is 3. The van der Waals surface area contributed by atoms with E-state index in [2.05, 4.69) is 24.1 Å². The second-order valence-corrected chi connectivity index (χ2v) is 9.49. The summed E-state index contributed by atoms with van der Waals surface area (Å²) in [7, 11) is 0. The van der Waals surface area contributed by atoms with Crippen LogP contribution >= 0.6 is 11.3 Å². The van der Waals surface area contributed by atoms with Crippen LogP contribution in [-0.2, 0) is 19.3 Å². The van der Waals surface area contributed by atoms with Crippen molar-refractivity contribution in [3.05, 3.63) is 16.3 Å². The SMILES string of the molecule is CCCCc1nc(N2CCN(C(=O)NCC)CC2)c2c3c(sc2n1)C[C@H](C)CC3. The maximum absolute atomic E-state index is 12.2. The van der Waals surface area contributed by atoms with Gasteiger partial charge in [0.1, 0.15) is 16.5 Å². The van der Waals surface area contributed by atoms with E-state index in [1.807, 2.05) is 23.2 Å². The minimum atomic E-state index is 0.0468. The molecule has 0 aromatic carbocycles. The number of nitrogens with one attached hydrogen (secondary N) is 1. The fourth-order valence-corrected chi connectivity index (χ4v) is 5.82. The Balaban J connectivity index is 1.66. The number of anilines is 1. The van der Waals surface area contributed by atoms with E-state index in [4.69, 9.17) is 9.97 Å². The van der Waals surface area contributed by atoms with Gasteiger partial charge in [-0.1, -0.05) is 20.3 Å². The predicted octanol–water partition coefficient (Wildman–Crippen LogP) is 4.01. The van der Waals surface area contributed by atoms with Crippen molar-refractivity contribution >= 4 is 33.4 Å². The van der Waals surface area contributed by atoms with Crippen LogP contribution in [0, 0.1) is 5.92 Å². The average Bonchev–Trinajstić information content (AvgIpc) is 3.09. The molecule has 4 rings (SSSR count). The molecule has 1 aliphatic carbocycles.